The summed E-state index contributed by atoms with van der Waals surface area (Å²) in [6, 6.07) is 6.57. The Hall–Kier alpha value is -2.76. The fourth-order valence-electron chi connectivity index (χ4n) is 4.28. The van der Waals surface area contributed by atoms with E-state index in [1.165, 1.54) is 6.92 Å². The predicted octanol–water partition coefficient (Wildman–Crippen LogP) is 1.63. The van der Waals surface area contributed by atoms with Gasteiger partial charge in [-0.05, 0) is 37.3 Å². The Labute approximate surface area is 144 Å². The lowest BCUT2D eigenvalue weighted by Crippen LogP contribution is -2.39. The van der Waals surface area contributed by atoms with Crippen molar-refractivity contribution < 1.29 is 19.2 Å². The summed E-state index contributed by atoms with van der Waals surface area (Å²) in [5, 5.41) is 2.66. The lowest BCUT2D eigenvalue weighted by atomic mass is 9.85. The molecule has 6 nitrogen and oxygen atoms in total. The van der Waals surface area contributed by atoms with Crippen LogP contribution in [0.25, 0.3) is 0 Å². The number of anilines is 1. The minimum Gasteiger partial charge on any atom is -0.325 e. The minimum absolute atomic E-state index is 0.100. The van der Waals surface area contributed by atoms with E-state index in [-0.39, 0.29) is 47.8 Å². The number of hydrogen-bond acceptors (Lipinski definition) is 4. The van der Waals surface area contributed by atoms with E-state index < -0.39 is 5.91 Å². The second-order valence-electron chi connectivity index (χ2n) is 6.95. The first kappa shape index (κ1) is 15.7. The van der Waals surface area contributed by atoms with Gasteiger partial charge in [0, 0.05) is 11.3 Å². The fraction of sp³-hybridized carbons (Fsp3) is 0.368. The molecule has 1 N–H and O–H groups in total. The summed E-state index contributed by atoms with van der Waals surface area (Å²) >= 11 is 0. The average molecular weight is 338 g/mol. The number of carbonyl (C=O) groups excluding carboxylic acids is 4. The Balaban J connectivity index is 1.45. The molecule has 3 amide bonds. The number of benzene rings is 1. The summed E-state index contributed by atoms with van der Waals surface area (Å²) in [5.41, 5.74) is 0.960. The molecule has 4 rings (SSSR count). The summed E-state index contributed by atoms with van der Waals surface area (Å²) in [4.78, 5) is 49.9. The van der Waals surface area contributed by atoms with Crippen LogP contribution in [0.2, 0.25) is 0 Å². The van der Waals surface area contributed by atoms with Crippen LogP contribution in [-0.4, -0.2) is 34.9 Å². The summed E-state index contributed by atoms with van der Waals surface area (Å²) in [7, 11) is 0. The number of amides is 3. The Kier molecular flexibility index (Phi) is 3.56. The van der Waals surface area contributed by atoms with E-state index in [9.17, 15) is 19.2 Å². The highest BCUT2D eigenvalue weighted by atomic mass is 16.2. The lowest BCUT2D eigenvalue weighted by Gasteiger charge is -2.17. The molecule has 1 saturated heterocycles. The molecule has 6 heteroatoms. The zero-order valence-electron chi connectivity index (χ0n) is 13.8. The average Bonchev–Trinajstić information content (AvgIpc) is 3.25. The summed E-state index contributed by atoms with van der Waals surface area (Å²) in [6.45, 7) is 1.16. The highest BCUT2D eigenvalue weighted by Gasteiger charge is 2.59. The number of fused-ring (bicyclic) bond motifs is 5. The normalized spacial score (nSPS) is 29.2. The summed E-state index contributed by atoms with van der Waals surface area (Å²) in [5.74, 6) is -1.34. The van der Waals surface area contributed by atoms with Crippen LogP contribution in [0.4, 0.5) is 5.69 Å². The van der Waals surface area contributed by atoms with E-state index in [4.69, 9.17) is 0 Å². The number of likely N-dealkylation sites (tertiary alicyclic amines) is 1. The van der Waals surface area contributed by atoms with Gasteiger partial charge in [0.05, 0.1) is 11.8 Å². The maximum atomic E-state index is 12.6. The van der Waals surface area contributed by atoms with Crippen molar-refractivity contribution in [3.05, 3.63) is 42.0 Å². The van der Waals surface area contributed by atoms with Gasteiger partial charge in [0.1, 0.15) is 6.54 Å². The monoisotopic (exact) mass is 338 g/mol. The third-order valence-corrected chi connectivity index (χ3v) is 5.42. The van der Waals surface area contributed by atoms with Gasteiger partial charge in [-0.15, -0.1) is 0 Å². The maximum absolute atomic E-state index is 12.6. The van der Waals surface area contributed by atoms with Crippen LogP contribution < -0.4 is 5.32 Å². The molecule has 2 bridgehead atoms. The Bertz CT molecular complexity index is 798. The molecule has 1 aromatic rings. The highest BCUT2D eigenvalue weighted by Crippen LogP contribution is 2.52. The molecule has 0 unspecified atom stereocenters. The molecule has 1 saturated carbocycles. The molecule has 1 aliphatic heterocycles. The van der Waals surface area contributed by atoms with Gasteiger partial charge in [-0.25, -0.2) is 0 Å². The number of imide groups is 1. The van der Waals surface area contributed by atoms with Gasteiger partial charge in [0.2, 0.25) is 17.7 Å². The minimum atomic E-state index is -0.442. The van der Waals surface area contributed by atoms with E-state index in [0.717, 1.165) is 11.3 Å². The van der Waals surface area contributed by atoms with Gasteiger partial charge >= 0.3 is 0 Å². The van der Waals surface area contributed by atoms with Crippen LogP contribution >= 0.6 is 0 Å². The number of ketones is 1. The quantitative estimate of drug-likeness (QED) is 0.514. The maximum Gasteiger partial charge on any atom is 0.244 e. The van der Waals surface area contributed by atoms with E-state index in [1.54, 1.807) is 24.3 Å². The van der Waals surface area contributed by atoms with E-state index in [1.807, 2.05) is 12.2 Å². The second kappa shape index (κ2) is 5.65. The Morgan fingerprint density at radius 2 is 1.76 bits per heavy atom. The molecule has 25 heavy (non-hydrogen) atoms. The van der Waals surface area contributed by atoms with Crippen LogP contribution in [0.15, 0.2) is 36.4 Å². The van der Waals surface area contributed by atoms with E-state index in [0.29, 0.717) is 11.3 Å². The van der Waals surface area contributed by atoms with Crippen molar-refractivity contribution in [3.63, 3.8) is 0 Å². The molecule has 0 aromatic heterocycles. The van der Waals surface area contributed by atoms with Crippen molar-refractivity contribution in [2.75, 3.05) is 11.9 Å². The Morgan fingerprint density at radius 3 is 2.36 bits per heavy atom. The third kappa shape index (κ3) is 2.49. The molecular weight excluding hydrogens is 320 g/mol. The van der Waals surface area contributed by atoms with Crippen molar-refractivity contribution in [2.24, 2.45) is 23.7 Å². The molecule has 128 valence electrons. The fourth-order valence-corrected chi connectivity index (χ4v) is 4.28. The molecule has 2 fully saturated rings. The van der Waals surface area contributed by atoms with Crippen LogP contribution in [0.1, 0.15) is 23.7 Å². The number of carbonyl (C=O) groups is 4. The van der Waals surface area contributed by atoms with E-state index >= 15 is 0 Å². The first-order chi connectivity index (χ1) is 12.0. The van der Waals surface area contributed by atoms with Gasteiger partial charge in [-0.3, -0.25) is 24.1 Å². The molecule has 1 heterocycles. The van der Waals surface area contributed by atoms with Gasteiger partial charge in [0.15, 0.2) is 5.78 Å². The molecule has 1 aromatic carbocycles. The molecule has 0 spiro atoms. The first-order valence-electron chi connectivity index (χ1n) is 8.40. The predicted molar refractivity (Wildman–Crippen MR) is 89.5 cm³/mol. The van der Waals surface area contributed by atoms with Crippen LogP contribution in [-0.2, 0) is 14.4 Å². The van der Waals surface area contributed by atoms with Gasteiger partial charge in [0.25, 0.3) is 0 Å². The van der Waals surface area contributed by atoms with Crippen molar-refractivity contribution >= 4 is 29.2 Å². The molecule has 4 atom stereocenters. The third-order valence-electron chi connectivity index (χ3n) is 5.42. The second-order valence-corrected chi connectivity index (χ2v) is 6.95. The number of allylic oxidation sites excluding steroid dienone is 2. The van der Waals surface area contributed by atoms with Crippen LogP contribution in [0.3, 0.4) is 0 Å². The standard InChI is InChI=1S/C19H18N2O4/c1-10(22)11-3-2-4-14(8-11)20-15(23)9-21-18(24)16-12-5-6-13(7-12)17(16)19(21)25/h2-6,8,12-13,16-17H,7,9H2,1H3,(H,20,23)/t12-,13+,16+,17-. The van der Waals surface area contributed by atoms with Gasteiger partial charge < -0.3 is 5.32 Å². The smallest absolute Gasteiger partial charge is 0.244 e. The number of hydrogen-bond donors (Lipinski definition) is 1. The molecular formula is C19H18N2O4. The number of rotatable bonds is 4. The Morgan fingerprint density at radius 1 is 1.12 bits per heavy atom. The largest absolute Gasteiger partial charge is 0.325 e. The number of Topliss-reactive ketones (excluding diaryl/α,β-unsaturated/α-hetero) is 1. The summed E-state index contributed by atoms with van der Waals surface area (Å²) < 4.78 is 0. The van der Waals surface area contributed by atoms with Crippen LogP contribution in [0.5, 0.6) is 0 Å². The van der Waals surface area contributed by atoms with Gasteiger partial charge in [-0.1, -0.05) is 24.3 Å². The van der Waals surface area contributed by atoms with E-state index in [2.05, 4.69) is 5.32 Å². The zero-order valence-corrected chi connectivity index (χ0v) is 13.8. The van der Waals surface area contributed by atoms with Crippen molar-refractivity contribution in [3.8, 4) is 0 Å². The van der Waals surface area contributed by atoms with Gasteiger partial charge in [-0.2, -0.15) is 0 Å². The highest BCUT2D eigenvalue weighted by molar-refractivity contribution is 6.09. The molecule has 3 aliphatic rings. The number of nitrogens with zero attached hydrogens (tertiary/aromatic N) is 1. The van der Waals surface area contributed by atoms with Crippen molar-refractivity contribution in [2.45, 2.75) is 13.3 Å². The topological polar surface area (TPSA) is 83.6 Å². The molecule has 2 aliphatic carbocycles. The SMILES string of the molecule is CC(=O)c1cccc(NC(=O)CN2C(=O)[C@@H]3[C@H](C2=O)[C@H]2C=C[C@@H]3C2)c1. The van der Waals surface area contributed by atoms with Crippen molar-refractivity contribution in [1.82, 2.24) is 4.90 Å². The van der Waals surface area contributed by atoms with Crippen molar-refractivity contribution in [1.29, 1.82) is 0 Å². The number of nitrogens with one attached hydrogen (secondary N) is 1. The molecule has 0 radical (unpaired) electrons. The van der Waals surface area contributed by atoms with Crippen LogP contribution in [0, 0.1) is 23.7 Å². The summed E-state index contributed by atoms with van der Waals surface area (Å²) in [6.07, 6.45) is 4.91. The first-order valence-corrected chi connectivity index (χ1v) is 8.40. The zero-order chi connectivity index (χ0) is 17.7. The lowest BCUT2D eigenvalue weighted by molar-refractivity contribution is -0.143.